The second-order valence-corrected chi connectivity index (χ2v) is 7.28. The van der Waals surface area contributed by atoms with Gasteiger partial charge in [0.25, 0.3) is 0 Å². The Balaban J connectivity index is 0.00000114. The van der Waals surface area contributed by atoms with E-state index < -0.39 is 0 Å². The summed E-state index contributed by atoms with van der Waals surface area (Å²) in [7, 11) is 0. The number of ether oxygens (including phenoxy) is 1. The Hall–Kier alpha value is -1.83. The molecule has 5 N–H and O–H groups in total. The number of rotatable bonds is 9. The number of benzene rings is 2. The molecule has 5 nitrogen and oxygen atoms in total. The van der Waals surface area contributed by atoms with Crippen molar-refractivity contribution in [3.63, 3.8) is 0 Å². The lowest BCUT2D eigenvalue weighted by atomic mass is 10.1. The zero-order valence-electron chi connectivity index (χ0n) is 15.9. The molecule has 0 aromatic heterocycles. The molecule has 148 valence electrons. The zero-order valence-corrected chi connectivity index (χ0v) is 17.6. The minimum Gasteiger partial charge on any atom is -0.492 e. The summed E-state index contributed by atoms with van der Waals surface area (Å²) >= 11 is 5.21. The standard InChI is InChI=1S/C18H23N3O2S.C2H6S/c1-2-24-23-16-8-6-13(7-9-16)10-15(19)12-22-17-5-3-4-14(11-17)18(20)21;1-2-3/h3-9,11,15H,2,10,12,19H2,1H3,(H3,20,21);3H,2H2,1H3/t15-;/m0./s1. The van der Waals surface area contributed by atoms with Crippen molar-refractivity contribution in [2.24, 2.45) is 11.5 Å². The van der Waals surface area contributed by atoms with Gasteiger partial charge in [-0.3, -0.25) is 5.41 Å². The first-order valence-corrected chi connectivity index (χ1v) is 10.4. The molecule has 0 aliphatic heterocycles. The first-order chi connectivity index (χ1) is 13.0. The number of amidine groups is 1. The van der Waals surface area contributed by atoms with Crippen LogP contribution in [-0.2, 0) is 6.42 Å². The lowest BCUT2D eigenvalue weighted by Gasteiger charge is -2.14. The summed E-state index contributed by atoms with van der Waals surface area (Å²) in [5.41, 5.74) is 13.4. The minimum absolute atomic E-state index is 0.0216. The van der Waals surface area contributed by atoms with Crippen molar-refractivity contribution in [1.29, 1.82) is 5.41 Å². The molecule has 0 saturated carbocycles. The van der Waals surface area contributed by atoms with E-state index in [1.807, 2.05) is 50.2 Å². The monoisotopic (exact) mass is 407 g/mol. The van der Waals surface area contributed by atoms with Gasteiger partial charge in [0, 0.05) is 17.4 Å². The van der Waals surface area contributed by atoms with E-state index in [0.717, 1.165) is 22.8 Å². The van der Waals surface area contributed by atoms with Gasteiger partial charge >= 0.3 is 0 Å². The Morgan fingerprint density at radius 3 is 2.41 bits per heavy atom. The van der Waals surface area contributed by atoms with Crippen LogP contribution in [0, 0.1) is 5.41 Å². The maximum absolute atomic E-state index is 7.44. The third-order valence-electron chi connectivity index (χ3n) is 3.30. The fraction of sp³-hybridized carbons (Fsp3) is 0.350. The van der Waals surface area contributed by atoms with E-state index in [9.17, 15) is 0 Å². The second-order valence-electron chi connectivity index (χ2n) is 5.67. The van der Waals surface area contributed by atoms with E-state index >= 15 is 0 Å². The first kappa shape index (κ1) is 23.2. The topological polar surface area (TPSA) is 94.4 Å². The average molecular weight is 408 g/mol. The highest BCUT2D eigenvalue weighted by Gasteiger charge is 2.07. The van der Waals surface area contributed by atoms with E-state index in [2.05, 4.69) is 12.6 Å². The fourth-order valence-corrected chi connectivity index (χ4v) is 2.49. The van der Waals surface area contributed by atoms with Crippen molar-refractivity contribution >= 4 is 30.5 Å². The second kappa shape index (κ2) is 13.4. The molecule has 0 aliphatic carbocycles. The summed E-state index contributed by atoms with van der Waals surface area (Å²) in [4.78, 5) is 0. The fourth-order valence-electron chi connectivity index (χ4n) is 2.13. The molecule has 0 unspecified atom stereocenters. The van der Waals surface area contributed by atoms with E-state index in [1.54, 1.807) is 12.1 Å². The molecule has 2 aromatic rings. The van der Waals surface area contributed by atoms with Crippen molar-refractivity contribution in [2.75, 3.05) is 18.1 Å². The first-order valence-electron chi connectivity index (χ1n) is 8.82. The number of nitrogen functional groups attached to an aromatic ring is 1. The van der Waals surface area contributed by atoms with Crippen molar-refractivity contribution in [3.05, 3.63) is 59.7 Å². The van der Waals surface area contributed by atoms with Crippen molar-refractivity contribution in [3.8, 4) is 11.5 Å². The summed E-state index contributed by atoms with van der Waals surface area (Å²) in [6, 6.07) is 15.0. The molecule has 27 heavy (non-hydrogen) atoms. The normalized spacial score (nSPS) is 11.1. The highest BCUT2D eigenvalue weighted by Crippen LogP contribution is 2.18. The summed E-state index contributed by atoms with van der Waals surface area (Å²) in [5, 5.41) is 7.44. The predicted octanol–water partition coefficient (Wildman–Crippen LogP) is 3.90. The van der Waals surface area contributed by atoms with Crippen LogP contribution in [0.2, 0.25) is 0 Å². The number of nitrogens with two attached hydrogens (primary N) is 2. The highest BCUT2D eigenvalue weighted by atomic mass is 32.2. The molecular weight excluding hydrogens is 378 g/mol. The molecule has 2 aromatic carbocycles. The van der Waals surface area contributed by atoms with Gasteiger partial charge in [-0.05, 0) is 42.0 Å². The Labute approximate surface area is 171 Å². The van der Waals surface area contributed by atoms with Crippen LogP contribution in [0.25, 0.3) is 0 Å². The lowest BCUT2D eigenvalue weighted by Crippen LogP contribution is -2.30. The summed E-state index contributed by atoms with van der Waals surface area (Å²) in [5.74, 6) is 3.39. The molecule has 0 amide bonds. The van der Waals surface area contributed by atoms with Crippen LogP contribution in [0.3, 0.4) is 0 Å². The van der Waals surface area contributed by atoms with Gasteiger partial charge in [-0.2, -0.15) is 12.6 Å². The number of thiol groups is 1. The smallest absolute Gasteiger partial charge is 0.137 e. The summed E-state index contributed by atoms with van der Waals surface area (Å²) in [6.07, 6.45) is 0.716. The number of nitrogens with one attached hydrogen (secondary N) is 1. The van der Waals surface area contributed by atoms with Crippen LogP contribution in [0.4, 0.5) is 0 Å². The Morgan fingerprint density at radius 1 is 1.15 bits per heavy atom. The summed E-state index contributed by atoms with van der Waals surface area (Å²) in [6.45, 7) is 4.43. The molecule has 0 aliphatic rings. The van der Waals surface area contributed by atoms with E-state index in [-0.39, 0.29) is 11.9 Å². The van der Waals surface area contributed by atoms with Crippen LogP contribution >= 0.6 is 24.7 Å². The van der Waals surface area contributed by atoms with Gasteiger partial charge in [0.15, 0.2) is 0 Å². The average Bonchev–Trinajstić information content (AvgIpc) is 2.67. The zero-order chi connectivity index (χ0) is 20.1. The van der Waals surface area contributed by atoms with Crippen molar-refractivity contribution < 1.29 is 8.92 Å². The molecule has 0 radical (unpaired) electrons. The van der Waals surface area contributed by atoms with E-state index in [0.29, 0.717) is 24.3 Å². The van der Waals surface area contributed by atoms with Crippen molar-refractivity contribution in [1.82, 2.24) is 0 Å². The Kier molecular flexibility index (Phi) is 11.5. The van der Waals surface area contributed by atoms with E-state index in [4.69, 9.17) is 25.8 Å². The van der Waals surface area contributed by atoms with Crippen LogP contribution in [0.15, 0.2) is 48.5 Å². The number of hydrogen-bond donors (Lipinski definition) is 4. The van der Waals surface area contributed by atoms with Gasteiger partial charge in [-0.15, -0.1) is 0 Å². The maximum Gasteiger partial charge on any atom is 0.137 e. The molecule has 0 heterocycles. The van der Waals surface area contributed by atoms with Gasteiger partial charge in [0.2, 0.25) is 0 Å². The SMILES string of the molecule is CCS.CCSOc1ccc(C[C@H](N)COc2cccc(C(=N)N)c2)cc1. The molecule has 7 heteroatoms. The van der Waals surface area contributed by atoms with Crippen LogP contribution < -0.4 is 20.4 Å². The quantitative estimate of drug-likeness (QED) is 0.219. The van der Waals surface area contributed by atoms with Gasteiger partial charge in [-0.25, -0.2) is 0 Å². The van der Waals surface area contributed by atoms with Crippen LogP contribution in [-0.4, -0.2) is 30.0 Å². The molecule has 0 bridgehead atoms. The van der Waals surface area contributed by atoms with E-state index in [1.165, 1.54) is 12.0 Å². The predicted molar refractivity (Wildman–Crippen MR) is 119 cm³/mol. The highest BCUT2D eigenvalue weighted by molar-refractivity contribution is 7.94. The van der Waals surface area contributed by atoms with Gasteiger partial charge < -0.3 is 20.4 Å². The molecule has 2 rings (SSSR count). The molecular formula is C20H29N3O2S2. The maximum atomic E-state index is 7.44. The number of hydrogen-bond acceptors (Lipinski definition) is 6. The molecule has 0 saturated heterocycles. The molecule has 0 spiro atoms. The lowest BCUT2D eigenvalue weighted by molar-refractivity contribution is 0.287. The Bertz CT molecular complexity index is 681. The largest absolute Gasteiger partial charge is 0.492 e. The van der Waals surface area contributed by atoms with Gasteiger partial charge in [0.1, 0.15) is 23.9 Å². The minimum atomic E-state index is -0.122. The molecule has 1 atom stereocenters. The van der Waals surface area contributed by atoms with Gasteiger partial charge in [-0.1, -0.05) is 38.1 Å². The van der Waals surface area contributed by atoms with Gasteiger partial charge in [0.05, 0.1) is 12.0 Å². The Morgan fingerprint density at radius 2 is 1.81 bits per heavy atom. The summed E-state index contributed by atoms with van der Waals surface area (Å²) < 4.78 is 11.2. The third kappa shape index (κ3) is 9.60. The van der Waals surface area contributed by atoms with Crippen molar-refractivity contribution in [2.45, 2.75) is 26.3 Å². The van der Waals surface area contributed by atoms with Crippen LogP contribution in [0.1, 0.15) is 25.0 Å². The molecule has 0 fully saturated rings. The van der Waals surface area contributed by atoms with Crippen LogP contribution in [0.5, 0.6) is 11.5 Å². The third-order valence-corrected chi connectivity index (χ3v) is 3.85.